The SMILES string of the molecule is O=C(CN(C(=O)c1ccc([N+](=O)[O-])cc1)N1C(=O)[C@H]2CCCC[C@@H]2C1=O)c1ccc(OC(=O)c2cccs2)cc1. The molecule has 5 rings (SSSR count). The number of thiophene rings is 1. The molecule has 40 heavy (non-hydrogen) atoms. The molecule has 0 bridgehead atoms. The third-order valence-corrected chi connectivity index (χ3v) is 7.87. The third-order valence-electron chi connectivity index (χ3n) is 7.02. The zero-order chi connectivity index (χ0) is 28.4. The summed E-state index contributed by atoms with van der Waals surface area (Å²) >= 11 is 1.23. The Kier molecular flexibility index (Phi) is 7.52. The largest absolute Gasteiger partial charge is 0.422 e. The molecule has 0 radical (unpaired) electrons. The van der Waals surface area contributed by atoms with Gasteiger partial charge in [-0.15, -0.1) is 11.3 Å². The van der Waals surface area contributed by atoms with Crippen LogP contribution in [0.5, 0.6) is 5.75 Å². The summed E-state index contributed by atoms with van der Waals surface area (Å²) in [5.41, 5.74) is -0.1000. The summed E-state index contributed by atoms with van der Waals surface area (Å²) in [6.45, 7) is -0.624. The Morgan fingerprint density at radius 3 is 2.08 bits per heavy atom. The summed E-state index contributed by atoms with van der Waals surface area (Å²) in [4.78, 5) is 76.5. The lowest BCUT2D eigenvalue weighted by Crippen LogP contribution is -2.52. The zero-order valence-electron chi connectivity index (χ0n) is 21.1. The van der Waals surface area contributed by atoms with Crippen molar-refractivity contribution >= 4 is 46.5 Å². The monoisotopic (exact) mass is 561 g/mol. The Hall–Kier alpha value is -4.71. The van der Waals surface area contributed by atoms with Crippen molar-refractivity contribution in [1.29, 1.82) is 0 Å². The third kappa shape index (κ3) is 5.25. The maximum absolute atomic E-state index is 13.6. The van der Waals surface area contributed by atoms with Gasteiger partial charge in [-0.25, -0.2) is 9.80 Å². The van der Waals surface area contributed by atoms with Crippen molar-refractivity contribution < 1.29 is 33.6 Å². The van der Waals surface area contributed by atoms with Gasteiger partial charge in [0.15, 0.2) is 5.78 Å². The Morgan fingerprint density at radius 1 is 0.925 bits per heavy atom. The van der Waals surface area contributed by atoms with Crippen LogP contribution in [0.2, 0.25) is 0 Å². The van der Waals surface area contributed by atoms with Gasteiger partial charge in [-0.05, 0) is 60.7 Å². The number of benzene rings is 2. The predicted molar refractivity (Wildman–Crippen MR) is 141 cm³/mol. The van der Waals surface area contributed by atoms with Crippen LogP contribution in [0.3, 0.4) is 0 Å². The van der Waals surface area contributed by atoms with E-state index in [0.29, 0.717) is 17.7 Å². The van der Waals surface area contributed by atoms with Crippen molar-refractivity contribution in [3.63, 3.8) is 0 Å². The summed E-state index contributed by atoms with van der Waals surface area (Å²) in [5, 5.41) is 14.4. The van der Waals surface area contributed by atoms with Crippen LogP contribution in [0, 0.1) is 22.0 Å². The number of carbonyl (C=O) groups excluding carboxylic acids is 5. The number of hydrogen-bond acceptors (Lipinski definition) is 9. The molecule has 2 aromatic carbocycles. The van der Waals surface area contributed by atoms with Crippen LogP contribution in [-0.4, -0.2) is 51.0 Å². The van der Waals surface area contributed by atoms with E-state index in [2.05, 4.69) is 0 Å². The summed E-state index contributed by atoms with van der Waals surface area (Å²) in [7, 11) is 0. The molecule has 204 valence electrons. The topological polar surface area (TPSA) is 144 Å². The van der Waals surface area contributed by atoms with Gasteiger partial charge in [0.1, 0.15) is 17.2 Å². The number of amides is 3. The van der Waals surface area contributed by atoms with Gasteiger partial charge >= 0.3 is 5.97 Å². The maximum Gasteiger partial charge on any atom is 0.353 e. The Bertz CT molecular complexity index is 1460. The minimum Gasteiger partial charge on any atom is -0.422 e. The van der Waals surface area contributed by atoms with Gasteiger partial charge in [0.2, 0.25) is 0 Å². The lowest BCUT2D eigenvalue weighted by atomic mass is 9.81. The number of carbonyl (C=O) groups is 5. The lowest BCUT2D eigenvalue weighted by Gasteiger charge is -2.30. The number of non-ortho nitro benzene ring substituents is 1. The van der Waals surface area contributed by atoms with Crippen LogP contribution < -0.4 is 4.74 Å². The van der Waals surface area contributed by atoms with Gasteiger partial charge in [0, 0.05) is 23.3 Å². The molecular formula is C28H23N3O8S. The molecule has 2 aliphatic rings. The first-order valence-corrected chi connectivity index (χ1v) is 13.5. The molecule has 11 nitrogen and oxygen atoms in total. The molecule has 3 amide bonds. The number of fused-ring (bicyclic) bond motifs is 1. The van der Waals surface area contributed by atoms with E-state index in [4.69, 9.17) is 4.74 Å². The molecule has 3 aromatic rings. The molecule has 1 aliphatic carbocycles. The highest BCUT2D eigenvalue weighted by Gasteiger charge is 2.51. The van der Waals surface area contributed by atoms with E-state index < -0.39 is 52.8 Å². The van der Waals surface area contributed by atoms with Gasteiger partial charge in [0.25, 0.3) is 23.4 Å². The Balaban J connectivity index is 1.39. The van der Waals surface area contributed by atoms with Gasteiger partial charge in [-0.3, -0.25) is 29.3 Å². The number of hydrogen-bond donors (Lipinski definition) is 0. The van der Waals surface area contributed by atoms with Crippen LogP contribution in [0.25, 0.3) is 0 Å². The highest BCUT2D eigenvalue weighted by Crippen LogP contribution is 2.39. The minimum absolute atomic E-state index is 0.0234. The molecule has 0 N–H and O–H groups in total. The van der Waals surface area contributed by atoms with Gasteiger partial charge in [0.05, 0.1) is 16.8 Å². The number of nitro groups is 1. The molecule has 0 spiro atoms. The minimum atomic E-state index is -0.815. The normalized spacial score (nSPS) is 18.2. The number of nitrogens with zero attached hydrogens (tertiary/aromatic N) is 3. The summed E-state index contributed by atoms with van der Waals surface area (Å²) in [6, 6.07) is 13.7. The molecule has 2 fully saturated rings. The average molecular weight is 562 g/mol. The van der Waals surface area contributed by atoms with Crippen molar-refractivity contribution in [3.8, 4) is 5.75 Å². The molecular weight excluding hydrogens is 538 g/mol. The second kappa shape index (κ2) is 11.2. The summed E-state index contributed by atoms with van der Waals surface area (Å²) in [6.07, 6.45) is 2.61. The van der Waals surface area contributed by atoms with Crippen molar-refractivity contribution in [2.45, 2.75) is 25.7 Å². The maximum atomic E-state index is 13.6. The quantitative estimate of drug-likeness (QED) is 0.0989. The van der Waals surface area contributed by atoms with Crippen LogP contribution in [-0.2, 0) is 9.59 Å². The van der Waals surface area contributed by atoms with E-state index in [9.17, 15) is 34.1 Å². The second-order valence-corrected chi connectivity index (χ2v) is 10.4. The average Bonchev–Trinajstić information content (AvgIpc) is 3.59. The fraction of sp³-hybridized carbons (Fsp3) is 0.250. The Labute approximate surface area is 232 Å². The first-order valence-electron chi connectivity index (χ1n) is 12.6. The molecule has 1 saturated carbocycles. The number of ether oxygens (including phenoxy) is 1. The van der Waals surface area contributed by atoms with Gasteiger partial charge in [-0.1, -0.05) is 18.9 Å². The number of rotatable bonds is 8. The van der Waals surface area contributed by atoms with E-state index in [1.165, 1.54) is 47.7 Å². The van der Waals surface area contributed by atoms with Gasteiger partial charge in [-0.2, -0.15) is 5.01 Å². The standard InChI is InChI=1S/C28H23N3O8S/c32-23(17-9-13-20(14-10-17)39-28(36)24-6-3-15-40-24)16-29(25(33)18-7-11-19(12-8-18)31(37)38)30-26(34)21-4-1-2-5-22(21)27(30)35/h3,6-15,21-22H,1-2,4-5,16H2/t21-,22-/m0/s1. The number of Topliss-reactive ketones (excluding diaryl/α,β-unsaturated/α-hetero) is 1. The second-order valence-electron chi connectivity index (χ2n) is 9.47. The lowest BCUT2D eigenvalue weighted by molar-refractivity contribution is -0.384. The van der Waals surface area contributed by atoms with Crippen LogP contribution in [0.15, 0.2) is 66.0 Å². The first kappa shape index (κ1) is 26.9. The van der Waals surface area contributed by atoms with E-state index in [1.54, 1.807) is 17.5 Å². The predicted octanol–water partition coefficient (Wildman–Crippen LogP) is 4.29. The molecule has 2 atom stereocenters. The number of esters is 1. The van der Waals surface area contributed by atoms with E-state index >= 15 is 0 Å². The molecule has 0 unspecified atom stereocenters. The number of hydrazine groups is 1. The van der Waals surface area contributed by atoms with E-state index in [0.717, 1.165) is 35.0 Å². The van der Waals surface area contributed by atoms with E-state index in [1.807, 2.05) is 0 Å². The van der Waals surface area contributed by atoms with Crippen molar-refractivity contribution in [3.05, 3.63) is 92.2 Å². The Morgan fingerprint density at radius 2 is 1.52 bits per heavy atom. The number of nitro benzene ring substituents is 1. The fourth-order valence-corrected chi connectivity index (χ4v) is 5.58. The molecule has 1 aliphatic heterocycles. The van der Waals surface area contributed by atoms with Crippen LogP contribution in [0.4, 0.5) is 5.69 Å². The highest BCUT2D eigenvalue weighted by molar-refractivity contribution is 7.12. The first-order chi connectivity index (χ1) is 19.2. The molecule has 1 aromatic heterocycles. The molecule has 1 saturated heterocycles. The summed E-state index contributed by atoms with van der Waals surface area (Å²) in [5.74, 6) is -3.89. The number of ketones is 1. The molecule has 12 heteroatoms. The number of imide groups is 1. The van der Waals surface area contributed by atoms with E-state index in [-0.39, 0.29) is 22.6 Å². The molecule has 2 heterocycles. The van der Waals surface area contributed by atoms with Crippen molar-refractivity contribution in [2.75, 3.05) is 6.54 Å². The smallest absolute Gasteiger partial charge is 0.353 e. The van der Waals surface area contributed by atoms with Crippen molar-refractivity contribution in [2.24, 2.45) is 11.8 Å². The zero-order valence-corrected chi connectivity index (χ0v) is 21.9. The van der Waals surface area contributed by atoms with Crippen LogP contribution >= 0.6 is 11.3 Å². The highest BCUT2D eigenvalue weighted by atomic mass is 32.1. The fourth-order valence-electron chi connectivity index (χ4n) is 4.98. The van der Waals surface area contributed by atoms with Gasteiger partial charge < -0.3 is 4.74 Å². The summed E-state index contributed by atoms with van der Waals surface area (Å²) < 4.78 is 5.31. The van der Waals surface area contributed by atoms with Crippen molar-refractivity contribution in [1.82, 2.24) is 10.0 Å². The van der Waals surface area contributed by atoms with Crippen LogP contribution in [0.1, 0.15) is 56.1 Å².